The van der Waals surface area contributed by atoms with Gasteiger partial charge in [0.05, 0.1) is 11.1 Å². The number of nitrogens with zero attached hydrogens (tertiary/aromatic N) is 1. The predicted molar refractivity (Wildman–Crippen MR) is 82.7 cm³/mol. The normalized spacial score (nSPS) is 15.2. The van der Waals surface area contributed by atoms with Crippen molar-refractivity contribution < 1.29 is 26.3 Å². The molecule has 0 atom stereocenters. The first-order valence-electron chi connectivity index (χ1n) is 7.36. The molecule has 134 valence electrons. The lowest BCUT2D eigenvalue weighted by molar-refractivity contribution is -0.138. The van der Waals surface area contributed by atoms with E-state index in [1.807, 2.05) is 0 Å². The second-order valence-electron chi connectivity index (χ2n) is 5.85. The van der Waals surface area contributed by atoms with Crippen LogP contribution in [0.5, 0.6) is 0 Å². The van der Waals surface area contributed by atoms with E-state index >= 15 is 0 Å². The van der Waals surface area contributed by atoms with Gasteiger partial charge in [-0.1, -0.05) is 17.7 Å². The molecule has 2 aromatic rings. The van der Waals surface area contributed by atoms with Crippen LogP contribution in [0, 0.1) is 0 Å². The summed E-state index contributed by atoms with van der Waals surface area (Å²) in [5.74, 6) is 0. The fourth-order valence-electron chi connectivity index (χ4n) is 2.87. The van der Waals surface area contributed by atoms with Crippen LogP contribution in [0.15, 0.2) is 36.4 Å². The molecule has 0 bridgehead atoms. The maximum Gasteiger partial charge on any atom is 0.416 e. The molecule has 3 rings (SSSR count). The van der Waals surface area contributed by atoms with Gasteiger partial charge in [-0.2, -0.15) is 26.3 Å². The number of hydrogen-bond acceptors (Lipinski definition) is 1. The van der Waals surface area contributed by atoms with E-state index in [1.54, 1.807) is 4.90 Å². The number of rotatable bonds is 1. The smallest absolute Gasteiger partial charge is 0.367 e. The summed E-state index contributed by atoms with van der Waals surface area (Å²) in [5.41, 5.74) is -0.0580. The molecule has 1 heterocycles. The highest BCUT2D eigenvalue weighted by molar-refractivity contribution is 6.31. The van der Waals surface area contributed by atoms with Gasteiger partial charge in [-0.3, -0.25) is 0 Å². The van der Waals surface area contributed by atoms with Gasteiger partial charge in [0.2, 0.25) is 0 Å². The molecule has 0 spiro atoms. The Morgan fingerprint density at radius 3 is 2.12 bits per heavy atom. The van der Waals surface area contributed by atoms with Gasteiger partial charge in [0.1, 0.15) is 0 Å². The van der Waals surface area contributed by atoms with Crippen LogP contribution in [0.1, 0.15) is 22.3 Å². The molecule has 25 heavy (non-hydrogen) atoms. The molecular formula is C17H12ClF6N. The summed E-state index contributed by atoms with van der Waals surface area (Å²) in [7, 11) is 0. The maximum absolute atomic E-state index is 12.9. The fraction of sp³-hybridized carbons (Fsp3) is 0.294. The molecule has 0 fully saturated rings. The second-order valence-corrected chi connectivity index (χ2v) is 6.29. The van der Waals surface area contributed by atoms with Crippen molar-refractivity contribution in [2.24, 2.45) is 0 Å². The van der Waals surface area contributed by atoms with Crippen molar-refractivity contribution in [3.8, 4) is 0 Å². The molecule has 1 aliphatic heterocycles. The van der Waals surface area contributed by atoms with Crippen LogP contribution >= 0.6 is 11.6 Å². The lowest BCUT2D eigenvalue weighted by atomic mass is 9.96. The average Bonchev–Trinajstić information content (AvgIpc) is 2.51. The first kappa shape index (κ1) is 17.9. The molecule has 0 unspecified atom stereocenters. The molecule has 0 radical (unpaired) electrons. The monoisotopic (exact) mass is 379 g/mol. The summed E-state index contributed by atoms with van der Waals surface area (Å²) in [4.78, 5) is 1.68. The van der Waals surface area contributed by atoms with Gasteiger partial charge >= 0.3 is 12.4 Å². The van der Waals surface area contributed by atoms with E-state index in [1.165, 1.54) is 12.1 Å². The van der Waals surface area contributed by atoms with Crippen LogP contribution in [0.4, 0.5) is 32.0 Å². The fourth-order valence-corrected chi connectivity index (χ4v) is 3.10. The Bertz CT molecular complexity index is 797. The van der Waals surface area contributed by atoms with E-state index < -0.39 is 23.5 Å². The predicted octanol–water partition coefficient (Wildman–Crippen LogP) is 5.94. The average molecular weight is 380 g/mol. The van der Waals surface area contributed by atoms with Crippen molar-refractivity contribution >= 4 is 17.3 Å². The molecule has 2 aromatic carbocycles. The quantitative estimate of drug-likeness (QED) is 0.554. The Balaban J connectivity index is 1.90. The first-order valence-corrected chi connectivity index (χ1v) is 7.73. The summed E-state index contributed by atoms with van der Waals surface area (Å²) >= 11 is 5.79. The highest BCUT2D eigenvalue weighted by Gasteiger charge is 2.33. The van der Waals surface area contributed by atoms with E-state index in [0.717, 1.165) is 24.3 Å². The molecule has 0 saturated carbocycles. The number of halogens is 7. The molecular weight excluding hydrogens is 368 g/mol. The third-order valence-corrected chi connectivity index (χ3v) is 4.34. The first-order chi connectivity index (χ1) is 11.5. The largest absolute Gasteiger partial charge is 0.416 e. The van der Waals surface area contributed by atoms with E-state index in [-0.39, 0.29) is 11.6 Å². The molecule has 0 saturated heterocycles. The third kappa shape index (κ3) is 3.86. The van der Waals surface area contributed by atoms with Gasteiger partial charge in [0.15, 0.2) is 0 Å². The molecule has 0 aliphatic carbocycles. The van der Waals surface area contributed by atoms with Crippen LogP contribution in [0.25, 0.3) is 0 Å². The topological polar surface area (TPSA) is 3.24 Å². The number of benzene rings is 2. The number of fused-ring (bicyclic) bond motifs is 1. The minimum atomic E-state index is -4.52. The van der Waals surface area contributed by atoms with E-state index in [0.29, 0.717) is 29.8 Å². The summed E-state index contributed by atoms with van der Waals surface area (Å²) < 4.78 is 77.1. The summed E-state index contributed by atoms with van der Waals surface area (Å²) in [6.45, 7) is 0.539. The minimum Gasteiger partial charge on any atom is -0.367 e. The molecule has 0 aromatic heterocycles. The van der Waals surface area contributed by atoms with Crippen molar-refractivity contribution in [3.63, 3.8) is 0 Å². The zero-order valence-corrected chi connectivity index (χ0v) is 13.4. The van der Waals surface area contributed by atoms with Crippen molar-refractivity contribution in [2.75, 3.05) is 11.4 Å². The number of alkyl halides is 6. The third-order valence-electron chi connectivity index (χ3n) is 4.12. The second kappa shape index (κ2) is 6.12. The van der Waals surface area contributed by atoms with Crippen molar-refractivity contribution in [1.82, 2.24) is 0 Å². The Hall–Kier alpha value is -1.89. The number of anilines is 1. The molecule has 0 N–H and O–H groups in total. The molecule has 1 aliphatic rings. The van der Waals surface area contributed by atoms with Gasteiger partial charge in [0.25, 0.3) is 0 Å². The Labute approximate surface area is 144 Å². The van der Waals surface area contributed by atoms with Crippen molar-refractivity contribution in [1.29, 1.82) is 0 Å². The lowest BCUT2D eigenvalue weighted by Gasteiger charge is -2.31. The highest BCUT2D eigenvalue weighted by Crippen LogP contribution is 2.36. The van der Waals surface area contributed by atoms with Crippen LogP contribution in [-0.4, -0.2) is 6.54 Å². The van der Waals surface area contributed by atoms with Gasteiger partial charge in [-0.15, -0.1) is 0 Å². The van der Waals surface area contributed by atoms with Gasteiger partial charge < -0.3 is 4.90 Å². The molecule has 1 nitrogen and oxygen atoms in total. The van der Waals surface area contributed by atoms with Gasteiger partial charge in [-0.25, -0.2) is 0 Å². The van der Waals surface area contributed by atoms with Crippen LogP contribution in [0.3, 0.4) is 0 Å². The van der Waals surface area contributed by atoms with Crippen LogP contribution in [-0.2, 0) is 25.3 Å². The summed E-state index contributed by atoms with van der Waals surface area (Å²) in [6, 6.07) is 6.73. The summed E-state index contributed by atoms with van der Waals surface area (Å²) in [5, 5.41) is -0.0389. The van der Waals surface area contributed by atoms with Gasteiger partial charge in [-0.05, 0) is 47.9 Å². The number of hydrogen-bond donors (Lipinski definition) is 0. The van der Waals surface area contributed by atoms with Crippen LogP contribution < -0.4 is 4.90 Å². The zero-order chi connectivity index (χ0) is 18.4. The standard InChI is InChI=1S/C17H12ClF6N/c18-14-6-13(17(22,23)24)7-15(8-14)25-4-3-10-5-12(16(19,20)21)2-1-11(10)9-25/h1-2,5-8H,3-4,9H2. The van der Waals surface area contributed by atoms with Crippen molar-refractivity contribution in [3.05, 3.63) is 63.7 Å². The van der Waals surface area contributed by atoms with E-state index in [2.05, 4.69) is 0 Å². The maximum atomic E-state index is 12.9. The Morgan fingerprint density at radius 1 is 0.800 bits per heavy atom. The SMILES string of the molecule is FC(F)(F)c1cc(Cl)cc(N2CCc3cc(C(F)(F)F)ccc3C2)c1. The Kier molecular flexibility index (Phi) is 4.39. The lowest BCUT2D eigenvalue weighted by Crippen LogP contribution is -2.30. The van der Waals surface area contributed by atoms with E-state index in [4.69, 9.17) is 11.6 Å². The van der Waals surface area contributed by atoms with E-state index in [9.17, 15) is 26.3 Å². The minimum absolute atomic E-state index is 0.0389. The Morgan fingerprint density at radius 2 is 1.48 bits per heavy atom. The molecule has 0 amide bonds. The molecule has 8 heteroatoms. The highest BCUT2D eigenvalue weighted by atomic mass is 35.5. The summed E-state index contributed by atoms with van der Waals surface area (Å²) in [6.07, 6.45) is -8.62. The van der Waals surface area contributed by atoms with Crippen molar-refractivity contribution in [2.45, 2.75) is 25.3 Å². The zero-order valence-electron chi connectivity index (χ0n) is 12.7. The van der Waals surface area contributed by atoms with Crippen LogP contribution in [0.2, 0.25) is 5.02 Å². The van der Waals surface area contributed by atoms with Gasteiger partial charge in [0, 0.05) is 23.8 Å².